The zero-order valence-electron chi connectivity index (χ0n) is 8.86. The first-order valence-electron chi connectivity index (χ1n) is 4.48. The van der Waals surface area contributed by atoms with E-state index in [2.05, 4.69) is 10.2 Å². The zero-order valence-corrected chi connectivity index (χ0v) is 10.4. The van der Waals surface area contributed by atoms with Gasteiger partial charge in [-0.2, -0.15) is 13.2 Å². The number of hydrogen-bond acceptors (Lipinski definition) is 4. The molecule has 0 saturated heterocycles. The predicted molar refractivity (Wildman–Crippen MR) is 52.9 cm³/mol. The van der Waals surface area contributed by atoms with Crippen molar-refractivity contribution in [1.29, 1.82) is 0 Å². The molecule has 0 N–H and O–H groups in total. The van der Waals surface area contributed by atoms with Gasteiger partial charge in [-0.1, -0.05) is 13.8 Å². The van der Waals surface area contributed by atoms with Crippen LogP contribution in [0.2, 0.25) is 0 Å². The first-order valence-corrected chi connectivity index (χ1v) is 6.79. The second-order valence-electron chi connectivity index (χ2n) is 3.75. The normalized spacial score (nSPS) is 13.4. The zero-order chi connectivity index (χ0) is 13.4. The van der Waals surface area contributed by atoms with E-state index in [4.69, 9.17) is 10.7 Å². The molecule has 0 aliphatic rings. The molecule has 0 aliphatic carbocycles. The van der Waals surface area contributed by atoms with Gasteiger partial charge in [0.05, 0.1) is 0 Å². The van der Waals surface area contributed by atoms with Crippen molar-refractivity contribution < 1.29 is 21.6 Å². The van der Waals surface area contributed by atoms with Crippen LogP contribution in [0.4, 0.5) is 13.2 Å². The molecule has 1 heterocycles. The van der Waals surface area contributed by atoms with Crippen LogP contribution in [0.1, 0.15) is 19.7 Å². The molecule has 0 spiro atoms. The molecule has 0 aromatic carbocycles. The lowest BCUT2D eigenvalue weighted by molar-refractivity contribution is -0.148. The van der Waals surface area contributed by atoms with E-state index in [-0.39, 0.29) is 12.5 Å². The lowest BCUT2D eigenvalue weighted by Crippen LogP contribution is -2.19. The smallest absolute Gasteiger partial charge is 0.293 e. The second-order valence-corrected chi connectivity index (χ2v) is 6.21. The van der Waals surface area contributed by atoms with Crippen LogP contribution in [0.15, 0.2) is 5.16 Å². The molecule has 1 rings (SSSR count). The van der Waals surface area contributed by atoms with Gasteiger partial charge in [-0.25, -0.2) is 8.42 Å². The van der Waals surface area contributed by atoms with Crippen LogP contribution in [0.3, 0.4) is 0 Å². The number of hydrogen-bond donors (Lipinski definition) is 0. The van der Waals surface area contributed by atoms with Gasteiger partial charge in [0, 0.05) is 17.2 Å². The molecule has 0 bridgehead atoms. The minimum Gasteiger partial charge on any atom is -0.293 e. The fraction of sp³-hybridized carbons (Fsp3) is 0.714. The highest BCUT2D eigenvalue weighted by molar-refractivity contribution is 8.13. The van der Waals surface area contributed by atoms with Gasteiger partial charge < -0.3 is 0 Å². The van der Waals surface area contributed by atoms with Crippen molar-refractivity contribution in [3.05, 3.63) is 5.82 Å². The van der Waals surface area contributed by atoms with Crippen molar-refractivity contribution in [2.75, 3.05) is 0 Å². The topological polar surface area (TPSA) is 64.8 Å². The summed E-state index contributed by atoms with van der Waals surface area (Å²) in [5.41, 5.74) is 0. The van der Waals surface area contributed by atoms with Crippen molar-refractivity contribution in [3.8, 4) is 0 Å². The Balaban J connectivity index is 3.41. The van der Waals surface area contributed by atoms with Gasteiger partial charge in [0.15, 0.2) is 0 Å². The summed E-state index contributed by atoms with van der Waals surface area (Å²) in [4.78, 5) is 0. The molecule has 0 amide bonds. The number of nitrogens with zero attached hydrogens (tertiary/aromatic N) is 3. The SMILES string of the molecule is CC(C)Cn1c(C(F)(F)F)nnc1S(=O)(=O)Cl. The quantitative estimate of drug-likeness (QED) is 0.798. The fourth-order valence-electron chi connectivity index (χ4n) is 1.21. The molecule has 0 fully saturated rings. The van der Waals surface area contributed by atoms with Gasteiger partial charge in [0.25, 0.3) is 14.2 Å². The summed E-state index contributed by atoms with van der Waals surface area (Å²) >= 11 is 0. The summed E-state index contributed by atoms with van der Waals surface area (Å²) in [6, 6.07) is 0. The van der Waals surface area contributed by atoms with Gasteiger partial charge in [-0.3, -0.25) is 4.57 Å². The molecule has 0 atom stereocenters. The Kier molecular flexibility index (Phi) is 3.72. The first kappa shape index (κ1) is 14.2. The fourth-order valence-corrected chi connectivity index (χ4v) is 2.11. The monoisotopic (exact) mass is 291 g/mol. The van der Waals surface area contributed by atoms with Gasteiger partial charge >= 0.3 is 6.18 Å². The Morgan fingerprint density at radius 3 is 2.24 bits per heavy atom. The molecule has 1 aromatic heterocycles. The molecular weight excluding hydrogens is 283 g/mol. The van der Waals surface area contributed by atoms with E-state index in [9.17, 15) is 21.6 Å². The Morgan fingerprint density at radius 2 is 1.88 bits per heavy atom. The Bertz CT molecular complexity index is 509. The number of alkyl halides is 3. The minimum atomic E-state index is -4.78. The third-order valence-corrected chi connectivity index (χ3v) is 2.89. The molecule has 1 aromatic rings. The maximum absolute atomic E-state index is 12.5. The van der Waals surface area contributed by atoms with Crippen LogP contribution in [0.5, 0.6) is 0 Å². The molecule has 0 aliphatic heterocycles. The van der Waals surface area contributed by atoms with E-state index in [0.29, 0.717) is 4.57 Å². The third kappa shape index (κ3) is 3.32. The Labute approximate surface area is 100 Å². The van der Waals surface area contributed by atoms with Crippen molar-refractivity contribution in [2.24, 2.45) is 5.92 Å². The lowest BCUT2D eigenvalue weighted by Gasteiger charge is -2.12. The van der Waals surface area contributed by atoms with Crippen LogP contribution in [0.25, 0.3) is 0 Å². The van der Waals surface area contributed by atoms with E-state index >= 15 is 0 Å². The number of halogens is 4. The van der Waals surface area contributed by atoms with Crippen LogP contribution in [-0.4, -0.2) is 23.2 Å². The summed E-state index contributed by atoms with van der Waals surface area (Å²) < 4.78 is 60.2. The minimum absolute atomic E-state index is 0.191. The Hall–Kier alpha value is -0.830. The third-order valence-electron chi connectivity index (χ3n) is 1.74. The highest BCUT2D eigenvalue weighted by Gasteiger charge is 2.40. The number of aromatic nitrogens is 3. The standard InChI is InChI=1S/C7H9ClF3N3O2S/c1-4(2)3-14-5(7(9,10)11)12-13-6(14)17(8,15)16/h4H,3H2,1-2H3. The van der Waals surface area contributed by atoms with E-state index in [1.54, 1.807) is 13.8 Å². The molecule has 0 radical (unpaired) electrons. The van der Waals surface area contributed by atoms with Crippen LogP contribution in [0, 0.1) is 5.92 Å². The highest BCUT2D eigenvalue weighted by atomic mass is 35.7. The lowest BCUT2D eigenvalue weighted by atomic mass is 10.2. The van der Waals surface area contributed by atoms with Crippen LogP contribution >= 0.6 is 10.7 Å². The van der Waals surface area contributed by atoms with Crippen LogP contribution < -0.4 is 0 Å². The van der Waals surface area contributed by atoms with E-state index in [1.165, 1.54) is 0 Å². The molecule has 17 heavy (non-hydrogen) atoms. The average Bonchev–Trinajstić information content (AvgIpc) is 2.43. The summed E-state index contributed by atoms with van der Waals surface area (Å²) in [7, 11) is 0.635. The molecule has 5 nitrogen and oxygen atoms in total. The summed E-state index contributed by atoms with van der Waals surface area (Å²) in [5.74, 6) is -1.59. The maximum atomic E-state index is 12.5. The van der Waals surface area contributed by atoms with Crippen molar-refractivity contribution in [1.82, 2.24) is 14.8 Å². The molecule has 98 valence electrons. The summed E-state index contributed by atoms with van der Waals surface area (Å²) in [5, 5.41) is 4.92. The van der Waals surface area contributed by atoms with Gasteiger partial charge in [-0.05, 0) is 5.92 Å². The van der Waals surface area contributed by atoms with Crippen molar-refractivity contribution in [2.45, 2.75) is 31.7 Å². The van der Waals surface area contributed by atoms with Crippen molar-refractivity contribution >= 4 is 19.7 Å². The van der Waals surface area contributed by atoms with E-state index < -0.39 is 26.2 Å². The first-order chi connectivity index (χ1) is 7.53. The van der Waals surface area contributed by atoms with E-state index in [1.807, 2.05) is 0 Å². The van der Waals surface area contributed by atoms with Gasteiger partial charge in [0.2, 0.25) is 5.82 Å². The Morgan fingerprint density at radius 1 is 1.35 bits per heavy atom. The predicted octanol–water partition coefficient (Wildman–Crippen LogP) is 1.88. The second kappa shape index (κ2) is 4.45. The summed E-state index contributed by atoms with van der Waals surface area (Å²) in [6.45, 7) is 3.07. The molecule has 0 saturated carbocycles. The molecular formula is C7H9ClF3N3O2S. The van der Waals surface area contributed by atoms with Gasteiger partial charge in [-0.15, -0.1) is 10.2 Å². The molecule has 0 unspecified atom stereocenters. The summed E-state index contributed by atoms with van der Waals surface area (Å²) in [6.07, 6.45) is -4.78. The maximum Gasteiger partial charge on any atom is 0.451 e. The van der Waals surface area contributed by atoms with Crippen LogP contribution in [-0.2, 0) is 21.8 Å². The van der Waals surface area contributed by atoms with Gasteiger partial charge in [0.1, 0.15) is 0 Å². The average molecular weight is 292 g/mol. The highest BCUT2D eigenvalue weighted by Crippen LogP contribution is 2.30. The van der Waals surface area contributed by atoms with Crippen molar-refractivity contribution in [3.63, 3.8) is 0 Å². The largest absolute Gasteiger partial charge is 0.451 e. The molecule has 10 heteroatoms. The van der Waals surface area contributed by atoms with E-state index in [0.717, 1.165) is 0 Å². The number of rotatable bonds is 3.